The Morgan fingerprint density at radius 1 is 1.20 bits per heavy atom. The van der Waals surface area contributed by atoms with Crippen molar-refractivity contribution < 1.29 is 9.47 Å². The largest absolute Gasteiger partial charge is 0.381 e. The first-order valence-corrected chi connectivity index (χ1v) is 8.30. The smallest absolute Gasteiger partial charge is 0.0594 e. The number of rotatable bonds is 6. The Kier molecular flexibility index (Phi) is 6.27. The molecule has 20 heavy (non-hydrogen) atoms. The van der Waals surface area contributed by atoms with Gasteiger partial charge in [-0.05, 0) is 45.6 Å². The molecule has 0 bridgehead atoms. The van der Waals surface area contributed by atoms with Gasteiger partial charge in [-0.25, -0.2) is 0 Å². The van der Waals surface area contributed by atoms with Crippen molar-refractivity contribution in [3.63, 3.8) is 0 Å². The molecule has 0 saturated carbocycles. The topological polar surface area (TPSA) is 33.7 Å². The van der Waals surface area contributed by atoms with Crippen molar-refractivity contribution in [3.8, 4) is 0 Å². The summed E-state index contributed by atoms with van der Waals surface area (Å²) in [6.45, 7) is 13.8. The summed E-state index contributed by atoms with van der Waals surface area (Å²) in [5.74, 6) is 0.633. The van der Waals surface area contributed by atoms with E-state index >= 15 is 0 Å². The first kappa shape index (κ1) is 16.2. The lowest BCUT2D eigenvalue weighted by Gasteiger charge is -2.49. The summed E-state index contributed by atoms with van der Waals surface area (Å²) in [4.78, 5) is 2.60. The molecular formula is C16H32N2O2. The van der Waals surface area contributed by atoms with E-state index in [-0.39, 0.29) is 5.54 Å². The van der Waals surface area contributed by atoms with Crippen LogP contribution in [0, 0.1) is 5.92 Å². The van der Waals surface area contributed by atoms with Crippen LogP contribution in [0.1, 0.15) is 40.0 Å². The summed E-state index contributed by atoms with van der Waals surface area (Å²) in [7, 11) is 0. The molecule has 2 heterocycles. The number of hydrogen-bond donors (Lipinski definition) is 1. The number of nitrogens with zero attached hydrogens (tertiary/aromatic N) is 1. The third kappa shape index (κ3) is 3.94. The van der Waals surface area contributed by atoms with E-state index in [4.69, 9.17) is 9.47 Å². The van der Waals surface area contributed by atoms with E-state index in [2.05, 4.69) is 31.0 Å². The Labute approximate surface area is 124 Å². The van der Waals surface area contributed by atoms with E-state index in [1.54, 1.807) is 0 Å². The summed E-state index contributed by atoms with van der Waals surface area (Å²) >= 11 is 0. The molecule has 2 aliphatic rings. The van der Waals surface area contributed by atoms with Gasteiger partial charge < -0.3 is 14.8 Å². The lowest BCUT2D eigenvalue weighted by Crippen LogP contribution is -2.63. The summed E-state index contributed by atoms with van der Waals surface area (Å²) in [5.41, 5.74) is 0.157. The SMILES string of the molecule is CCCNC(C1CCCOC1)C(C)(C)N1CCOCC1. The molecule has 2 fully saturated rings. The summed E-state index contributed by atoms with van der Waals surface area (Å²) in [6, 6.07) is 0.501. The van der Waals surface area contributed by atoms with Crippen LogP contribution in [0.2, 0.25) is 0 Å². The minimum atomic E-state index is 0.157. The predicted molar refractivity (Wildman–Crippen MR) is 82.1 cm³/mol. The van der Waals surface area contributed by atoms with E-state index < -0.39 is 0 Å². The van der Waals surface area contributed by atoms with Crippen LogP contribution < -0.4 is 5.32 Å². The molecule has 0 aromatic carbocycles. The Bertz CT molecular complexity index is 272. The highest BCUT2D eigenvalue weighted by Gasteiger charge is 2.40. The summed E-state index contributed by atoms with van der Waals surface area (Å²) in [5, 5.41) is 3.81. The van der Waals surface area contributed by atoms with E-state index in [9.17, 15) is 0 Å². The lowest BCUT2D eigenvalue weighted by molar-refractivity contribution is -0.0490. The maximum Gasteiger partial charge on any atom is 0.0594 e. The summed E-state index contributed by atoms with van der Waals surface area (Å²) < 4.78 is 11.3. The fourth-order valence-electron chi connectivity index (χ4n) is 3.66. The van der Waals surface area contributed by atoms with Crippen molar-refractivity contribution in [3.05, 3.63) is 0 Å². The maximum absolute atomic E-state index is 5.74. The molecule has 118 valence electrons. The van der Waals surface area contributed by atoms with Crippen molar-refractivity contribution >= 4 is 0 Å². The van der Waals surface area contributed by atoms with Crippen molar-refractivity contribution in [1.82, 2.24) is 10.2 Å². The van der Waals surface area contributed by atoms with Crippen LogP contribution >= 0.6 is 0 Å². The fraction of sp³-hybridized carbons (Fsp3) is 1.00. The maximum atomic E-state index is 5.74. The van der Waals surface area contributed by atoms with Crippen molar-refractivity contribution in [2.75, 3.05) is 46.1 Å². The second-order valence-electron chi connectivity index (χ2n) is 6.66. The van der Waals surface area contributed by atoms with Gasteiger partial charge >= 0.3 is 0 Å². The first-order valence-electron chi connectivity index (χ1n) is 8.30. The van der Waals surface area contributed by atoms with Crippen molar-refractivity contribution in [2.45, 2.75) is 51.6 Å². The quantitative estimate of drug-likeness (QED) is 0.807. The molecule has 2 rings (SSSR count). The van der Waals surface area contributed by atoms with E-state index in [0.29, 0.717) is 12.0 Å². The zero-order chi connectivity index (χ0) is 14.4. The van der Waals surface area contributed by atoms with Gasteiger partial charge in [0, 0.05) is 31.3 Å². The van der Waals surface area contributed by atoms with E-state index in [1.807, 2.05) is 0 Å². The zero-order valence-corrected chi connectivity index (χ0v) is 13.5. The van der Waals surface area contributed by atoms with Crippen LogP contribution in [0.15, 0.2) is 0 Å². The van der Waals surface area contributed by atoms with E-state index in [0.717, 1.165) is 46.1 Å². The third-order valence-corrected chi connectivity index (χ3v) is 4.87. The molecule has 2 aliphatic heterocycles. The molecule has 0 aromatic heterocycles. The van der Waals surface area contributed by atoms with Crippen LogP contribution in [0.3, 0.4) is 0 Å². The van der Waals surface area contributed by atoms with Crippen LogP contribution in [-0.2, 0) is 9.47 Å². The highest BCUT2D eigenvalue weighted by atomic mass is 16.5. The molecule has 0 aliphatic carbocycles. The Balaban J connectivity index is 2.05. The van der Waals surface area contributed by atoms with Gasteiger partial charge in [-0.15, -0.1) is 0 Å². The Hall–Kier alpha value is -0.160. The van der Waals surface area contributed by atoms with Gasteiger partial charge in [-0.1, -0.05) is 6.92 Å². The molecular weight excluding hydrogens is 252 g/mol. The molecule has 2 unspecified atom stereocenters. The highest BCUT2D eigenvalue weighted by molar-refractivity contribution is 4.98. The van der Waals surface area contributed by atoms with E-state index in [1.165, 1.54) is 19.3 Å². The van der Waals surface area contributed by atoms with Gasteiger partial charge in [-0.3, -0.25) is 4.90 Å². The normalized spacial score (nSPS) is 27.4. The first-order chi connectivity index (χ1) is 9.66. The summed E-state index contributed by atoms with van der Waals surface area (Å²) in [6.07, 6.45) is 3.67. The average molecular weight is 284 g/mol. The van der Waals surface area contributed by atoms with Gasteiger partial charge in [0.1, 0.15) is 0 Å². The zero-order valence-electron chi connectivity index (χ0n) is 13.5. The second-order valence-corrected chi connectivity index (χ2v) is 6.66. The lowest BCUT2D eigenvalue weighted by atomic mass is 9.80. The third-order valence-electron chi connectivity index (χ3n) is 4.87. The molecule has 2 saturated heterocycles. The molecule has 1 N–H and O–H groups in total. The van der Waals surface area contributed by atoms with Crippen LogP contribution in [0.5, 0.6) is 0 Å². The van der Waals surface area contributed by atoms with Crippen LogP contribution in [-0.4, -0.2) is 62.5 Å². The van der Waals surface area contributed by atoms with Crippen molar-refractivity contribution in [1.29, 1.82) is 0 Å². The standard InChI is InChI=1S/C16H32N2O2/c1-4-7-17-15(14-6-5-10-20-13-14)16(2,3)18-8-11-19-12-9-18/h14-15,17H,4-13H2,1-3H3. The van der Waals surface area contributed by atoms with Gasteiger partial charge in [-0.2, -0.15) is 0 Å². The number of nitrogens with one attached hydrogen (secondary N) is 1. The molecule has 4 nitrogen and oxygen atoms in total. The number of hydrogen-bond acceptors (Lipinski definition) is 4. The van der Waals surface area contributed by atoms with Crippen LogP contribution in [0.4, 0.5) is 0 Å². The van der Waals surface area contributed by atoms with Gasteiger partial charge in [0.15, 0.2) is 0 Å². The minimum absolute atomic E-state index is 0.157. The monoisotopic (exact) mass is 284 g/mol. The fourth-order valence-corrected chi connectivity index (χ4v) is 3.66. The van der Waals surface area contributed by atoms with Crippen molar-refractivity contribution in [2.24, 2.45) is 5.92 Å². The van der Waals surface area contributed by atoms with Crippen LogP contribution in [0.25, 0.3) is 0 Å². The molecule has 0 radical (unpaired) electrons. The average Bonchev–Trinajstić information content (AvgIpc) is 2.49. The molecule has 0 spiro atoms. The molecule has 0 aromatic rings. The second kappa shape index (κ2) is 7.74. The molecule has 4 heteroatoms. The highest BCUT2D eigenvalue weighted by Crippen LogP contribution is 2.29. The minimum Gasteiger partial charge on any atom is -0.381 e. The van der Waals surface area contributed by atoms with Gasteiger partial charge in [0.05, 0.1) is 19.8 Å². The Morgan fingerprint density at radius 3 is 2.55 bits per heavy atom. The van der Waals surface area contributed by atoms with Gasteiger partial charge in [0.2, 0.25) is 0 Å². The molecule has 0 amide bonds. The number of ether oxygens (including phenoxy) is 2. The number of morpholine rings is 1. The Morgan fingerprint density at radius 2 is 1.95 bits per heavy atom. The predicted octanol–water partition coefficient (Wildman–Crippen LogP) is 1.89. The molecule has 2 atom stereocenters. The van der Waals surface area contributed by atoms with Gasteiger partial charge in [0.25, 0.3) is 0 Å².